The van der Waals surface area contributed by atoms with Gasteiger partial charge in [-0.05, 0) is 19.4 Å². The molecule has 1 unspecified atom stereocenters. The third kappa shape index (κ3) is 1.53. The molecule has 1 aliphatic rings. The third-order valence-corrected chi connectivity index (χ3v) is 1.74. The lowest BCUT2D eigenvalue weighted by Gasteiger charge is -2.10. The molecule has 0 bridgehead atoms. The second kappa shape index (κ2) is 2.78. The van der Waals surface area contributed by atoms with Crippen LogP contribution >= 0.6 is 0 Å². The zero-order valence-electron chi connectivity index (χ0n) is 5.96. The predicted octanol–water partition coefficient (Wildman–Crippen LogP) is 1.11. The molecule has 1 atom stereocenters. The van der Waals surface area contributed by atoms with Crippen LogP contribution in [-0.4, -0.2) is 11.6 Å². The molecule has 0 fully saturated rings. The number of hydrogen-bond donors (Lipinski definition) is 0. The quantitative estimate of drug-likeness (QED) is 0.544. The third-order valence-electron chi connectivity index (χ3n) is 1.74. The first-order valence-electron chi connectivity index (χ1n) is 3.41. The molecule has 1 aliphatic carbocycles. The van der Waals surface area contributed by atoms with Gasteiger partial charge < -0.3 is 0 Å². The first kappa shape index (κ1) is 7.19. The summed E-state index contributed by atoms with van der Waals surface area (Å²) < 4.78 is 0. The van der Waals surface area contributed by atoms with E-state index in [9.17, 15) is 9.59 Å². The highest BCUT2D eigenvalue weighted by Gasteiger charge is 2.15. The van der Waals surface area contributed by atoms with Gasteiger partial charge in [-0.1, -0.05) is 6.08 Å². The van der Waals surface area contributed by atoms with E-state index in [-0.39, 0.29) is 17.5 Å². The molecule has 0 aliphatic heterocycles. The zero-order valence-corrected chi connectivity index (χ0v) is 5.96. The zero-order chi connectivity index (χ0) is 7.56. The Bertz CT molecular complexity index is 191. The molecular formula is C8H10O2. The summed E-state index contributed by atoms with van der Waals surface area (Å²) in [5.41, 5.74) is 0. The Labute approximate surface area is 59.9 Å². The molecule has 1 rings (SSSR count). The molecule has 0 amide bonds. The highest BCUT2D eigenvalue weighted by Crippen LogP contribution is 2.15. The largest absolute Gasteiger partial charge is 0.299 e. The highest BCUT2D eigenvalue weighted by molar-refractivity contribution is 5.93. The maximum atomic E-state index is 10.7. The number of carbonyl (C=O) groups excluding carboxylic acids is 2. The number of ketones is 2. The lowest BCUT2D eigenvalue weighted by atomic mass is 9.92. The Morgan fingerprint density at radius 2 is 2.40 bits per heavy atom. The molecule has 10 heavy (non-hydrogen) atoms. The highest BCUT2D eigenvalue weighted by atomic mass is 16.1. The van der Waals surface area contributed by atoms with Crippen molar-refractivity contribution >= 4 is 11.6 Å². The SMILES string of the molecule is CC(=O)C1C=CC(=O)CC1. The van der Waals surface area contributed by atoms with Crippen LogP contribution in [0, 0.1) is 5.92 Å². The maximum absolute atomic E-state index is 10.7. The maximum Gasteiger partial charge on any atom is 0.155 e. The van der Waals surface area contributed by atoms with Crippen molar-refractivity contribution < 1.29 is 9.59 Å². The molecule has 2 nitrogen and oxygen atoms in total. The van der Waals surface area contributed by atoms with E-state index in [0.29, 0.717) is 12.8 Å². The van der Waals surface area contributed by atoms with E-state index in [1.807, 2.05) is 0 Å². The van der Waals surface area contributed by atoms with Gasteiger partial charge in [0.25, 0.3) is 0 Å². The molecule has 0 aromatic carbocycles. The van der Waals surface area contributed by atoms with Gasteiger partial charge >= 0.3 is 0 Å². The Morgan fingerprint density at radius 1 is 1.70 bits per heavy atom. The van der Waals surface area contributed by atoms with Crippen LogP contribution in [0.4, 0.5) is 0 Å². The van der Waals surface area contributed by atoms with Crippen LogP contribution < -0.4 is 0 Å². The molecule has 0 heterocycles. The van der Waals surface area contributed by atoms with E-state index in [1.165, 1.54) is 6.08 Å². The molecule has 0 spiro atoms. The molecule has 2 heteroatoms. The average Bonchev–Trinajstić information content (AvgIpc) is 1.88. The number of Topliss-reactive ketones (excluding diaryl/α,β-unsaturated/α-hetero) is 1. The topological polar surface area (TPSA) is 34.1 Å². The van der Waals surface area contributed by atoms with E-state index in [2.05, 4.69) is 0 Å². The summed E-state index contributed by atoms with van der Waals surface area (Å²) in [4.78, 5) is 21.4. The number of rotatable bonds is 1. The van der Waals surface area contributed by atoms with Gasteiger partial charge in [0.05, 0.1) is 0 Å². The van der Waals surface area contributed by atoms with E-state index in [1.54, 1.807) is 13.0 Å². The summed E-state index contributed by atoms with van der Waals surface area (Å²) in [6.45, 7) is 1.56. The predicted molar refractivity (Wildman–Crippen MR) is 37.6 cm³/mol. The van der Waals surface area contributed by atoms with Crippen molar-refractivity contribution in [3.63, 3.8) is 0 Å². The van der Waals surface area contributed by atoms with Gasteiger partial charge in [0, 0.05) is 12.3 Å². The van der Waals surface area contributed by atoms with Crippen LogP contribution in [0.2, 0.25) is 0 Å². The van der Waals surface area contributed by atoms with E-state index >= 15 is 0 Å². The standard InChI is InChI=1S/C8H10O2/c1-6(9)7-2-4-8(10)5-3-7/h2,4,7H,3,5H2,1H3. The Balaban J connectivity index is 2.61. The monoisotopic (exact) mass is 138 g/mol. The fourth-order valence-corrected chi connectivity index (χ4v) is 1.04. The van der Waals surface area contributed by atoms with E-state index in [0.717, 1.165) is 0 Å². The summed E-state index contributed by atoms with van der Waals surface area (Å²) in [5, 5.41) is 0. The van der Waals surface area contributed by atoms with Gasteiger partial charge in [-0.3, -0.25) is 9.59 Å². The van der Waals surface area contributed by atoms with Crippen molar-refractivity contribution in [3.8, 4) is 0 Å². The van der Waals surface area contributed by atoms with Crippen molar-refractivity contribution in [2.45, 2.75) is 19.8 Å². The molecule has 0 aromatic heterocycles. The summed E-state index contributed by atoms with van der Waals surface area (Å²) in [5.74, 6) is 0.291. The lowest BCUT2D eigenvalue weighted by Crippen LogP contribution is -2.14. The lowest BCUT2D eigenvalue weighted by molar-refractivity contribution is -0.120. The van der Waals surface area contributed by atoms with Crippen LogP contribution in [0.25, 0.3) is 0 Å². The van der Waals surface area contributed by atoms with Crippen LogP contribution in [0.5, 0.6) is 0 Å². The summed E-state index contributed by atoms with van der Waals surface area (Å²) in [6.07, 6.45) is 4.44. The number of allylic oxidation sites excluding steroid dienone is 2. The molecule has 0 saturated carbocycles. The fourth-order valence-electron chi connectivity index (χ4n) is 1.04. The van der Waals surface area contributed by atoms with E-state index < -0.39 is 0 Å². The minimum absolute atomic E-state index is 0.00213. The van der Waals surface area contributed by atoms with Gasteiger partial charge in [-0.2, -0.15) is 0 Å². The Hall–Kier alpha value is -0.920. The molecule has 0 aromatic rings. The van der Waals surface area contributed by atoms with Crippen LogP contribution in [-0.2, 0) is 9.59 Å². The van der Waals surface area contributed by atoms with Gasteiger partial charge in [-0.15, -0.1) is 0 Å². The van der Waals surface area contributed by atoms with Crippen LogP contribution in [0.1, 0.15) is 19.8 Å². The first-order chi connectivity index (χ1) is 4.70. The minimum atomic E-state index is -0.00213. The molecule has 0 N–H and O–H groups in total. The van der Waals surface area contributed by atoms with E-state index in [4.69, 9.17) is 0 Å². The fraction of sp³-hybridized carbons (Fsp3) is 0.500. The Kier molecular flexibility index (Phi) is 2.00. The number of carbonyl (C=O) groups is 2. The van der Waals surface area contributed by atoms with Crippen LogP contribution in [0.15, 0.2) is 12.2 Å². The molecule has 54 valence electrons. The van der Waals surface area contributed by atoms with Gasteiger partial charge in [0.1, 0.15) is 5.78 Å². The Morgan fingerprint density at radius 3 is 2.80 bits per heavy atom. The minimum Gasteiger partial charge on any atom is -0.299 e. The normalized spacial score (nSPS) is 24.9. The number of hydrogen-bond acceptors (Lipinski definition) is 2. The first-order valence-corrected chi connectivity index (χ1v) is 3.41. The van der Waals surface area contributed by atoms with Gasteiger partial charge in [0.2, 0.25) is 0 Å². The van der Waals surface area contributed by atoms with Crippen molar-refractivity contribution in [2.75, 3.05) is 0 Å². The van der Waals surface area contributed by atoms with Crippen LogP contribution in [0.3, 0.4) is 0 Å². The van der Waals surface area contributed by atoms with Crippen molar-refractivity contribution in [1.29, 1.82) is 0 Å². The van der Waals surface area contributed by atoms with Gasteiger partial charge in [-0.25, -0.2) is 0 Å². The second-order valence-electron chi connectivity index (χ2n) is 2.58. The molecule has 0 radical (unpaired) electrons. The summed E-state index contributed by atoms with van der Waals surface area (Å²) >= 11 is 0. The molecular weight excluding hydrogens is 128 g/mol. The smallest absolute Gasteiger partial charge is 0.155 e. The average molecular weight is 138 g/mol. The van der Waals surface area contributed by atoms with Crippen molar-refractivity contribution in [1.82, 2.24) is 0 Å². The second-order valence-corrected chi connectivity index (χ2v) is 2.58. The van der Waals surface area contributed by atoms with Crippen molar-refractivity contribution in [3.05, 3.63) is 12.2 Å². The molecule has 0 saturated heterocycles. The summed E-state index contributed by atoms with van der Waals surface area (Å²) in [7, 11) is 0. The summed E-state index contributed by atoms with van der Waals surface area (Å²) in [6, 6.07) is 0. The van der Waals surface area contributed by atoms with Crippen molar-refractivity contribution in [2.24, 2.45) is 5.92 Å². The van der Waals surface area contributed by atoms with Gasteiger partial charge in [0.15, 0.2) is 5.78 Å².